The number of nitro benzene ring substituents is 1. The Kier molecular flexibility index (Phi) is 3.63. The third-order valence-electron chi connectivity index (χ3n) is 4.42. The number of allylic oxidation sites excluding steroid dienone is 1. The molecule has 2 N–H and O–H groups in total. The summed E-state index contributed by atoms with van der Waals surface area (Å²) in [5.74, 6) is -1.13. The number of fused-ring (bicyclic) bond motifs is 3. The molecule has 1 aromatic heterocycles. The molecule has 8 heteroatoms. The Morgan fingerprint density at radius 3 is 2.59 bits per heavy atom. The van der Waals surface area contributed by atoms with Gasteiger partial charge in [-0.15, -0.1) is 0 Å². The SMILES string of the molecule is N#CC1=C(N)Oc2c(c(=O)oc3ccccc23)C1c1ccccc1[N+](=O)[O-]. The Hall–Kier alpha value is -4.12. The van der Waals surface area contributed by atoms with Gasteiger partial charge in [-0.1, -0.05) is 30.3 Å². The fourth-order valence-electron chi connectivity index (χ4n) is 3.27. The molecule has 1 aliphatic rings. The normalized spacial score (nSPS) is 15.7. The predicted molar refractivity (Wildman–Crippen MR) is 94.9 cm³/mol. The molecule has 0 aliphatic carbocycles. The number of hydrogen-bond donors (Lipinski definition) is 1. The average Bonchev–Trinajstić information content (AvgIpc) is 2.67. The number of hydrogen-bond acceptors (Lipinski definition) is 7. The first-order chi connectivity index (χ1) is 13.0. The molecule has 0 saturated heterocycles. The zero-order valence-corrected chi connectivity index (χ0v) is 13.7. The van der Waals surface area contributed by atoms with Crippen molar-refractivity contribution >= 4 is 16.7 Å². The van der Waals surface area contributed by atoms with Crippen LogP contribution in [0.2, 0.25) is 0 Å². The number of nitrogens with zero attached hydrogens (tertiary/aromatic N) is 2. The van der Waals surface area contributed by atoms with Crippen molar-refractivity contribution in [1.29, 1.82) is 5.26 Å². The number of nitro groups is 1. The van der Waals surface area contributed by atoms with E-state index >= 15 is 0 Å². The van der Waals surface area contributed by atoms with Crippen LogP contribution in [0.3, 0.4) is 0 Å². The van der Waals surface area contributed by atoms with Gasteiger partial charge < -0.3 is 14.9 Å². The summed E-state index contributed by atoms with van der Waals surface area (Å²) in [4.78, 5) is 23.6. The summed E-state index contributed by atoms with van der Waals surface area (Å²) in [6.45, 7) is 0. The second kappa shape index (κ2) is 6.00. The van der Waals surface area contributed by atoms with Crippen LogP contribution in [0, 0.1) is 21.4 Å². The van der Waals surface area contributed by atoms with Gasteiger partial charge in [0.25, 0.3) is 5.69 Å². The Balaban J connectivity index is 2.12. The first-order valence-electron chi connectivity index (χ1n) is 7.89. The van der Waals surface area contributed by atoms with Crippen molar-refractivity contribution in [3.63, 3.8) is 0 Å². The van der Waals surface area contributed by atoms with Crippen molar-refractivity contribution in [2.45, 2.75) is 5.92 Å². The number of para-hydroxylation sites is 2. The fraction of sp³-hybridized carbons (Fsp3) is 0.0526. The van der Waals surface area contributed by atoms with Crippen molar-refractivity contribution in [2.24, 2.45) is 5.73 Å². The molecule has 27 heavy (non-hydrogen) atoms. The largest absolute Gasteiger partial charge is 0.439 e. The van der Waals surface area contributed by atoms with Gasteiger partial charge >= 0.3 is 5.63 Å². The molecule has 1 aliphatic heterocycles. The maximum absolute atomic E-state index is 12.7. The highest BCUT2D eigenvalue weighted by atomic mass is 16.6. The second-order valence-corrected chi connectivity index (χ2v) is 5.87. The maximum Gasteiger partial charge on any atom is 0.344 e. The minimum absolute atomic E-state index is 0.00810. The quantitative estimate of drug-likeness (QED) is 0.421. The lowest BCUT2D eigenvalue weighted by molar-refractivity contribution is -0.385. The zero-order valence-electron chi connectivity index (χ0n) is 13.7. The molecule has 0 spiro atoms. The van der Waals surface area contributed by atoms with Crippen LogP contribution < -0.4 is 16.1 Å². The minimum atomic E-state index is -1.07. The van der Waals surface area contributed by atoms with Crippen LogP contribution in [0.1, 0.15) is 17.0 Å². The molecule has 2 aromatic carbocycles. The zero-order chi connectivity index (χ0) is 19.1. The first-order valence-corrected chi connectivity index (χ1v) is 7.89. The molecule has 2 heterocycles. The van der Waals surface area contributed by atoms with E-state index in [0.717, 1.165) is 0 Å². The molecule has 0 saturated carbocycles. The van der Waals surface area contributed by atoms with Crippen LogP contribution in [0.25, 0.3) is 11.0 Å². The Bertz CT molecular complexity index is 1240. The van der Waals surface area contributed by atoms with E-state index in [1.807, 2.05) is 6.07 Å². The van der Waals surface area contributed by atoms with Crippen molar-refractivity contribution in [1.82, 2.24) is 0 Å². The van der Waals surface area contributed by atoms with Crippen LogP contribution in [-0.4, -0.2) is 4.92 Å². The highest BCUT2D eigenvalue weighted by Crippen LogP contribution is 2.45. The number of ether oxygens (including phenoxy) is 1. The molecular weight excluding hydrogens is 350 g/mol. The van der Waals surface area contributed by atoms with E-state index in [9.17, 15) is 20.2 Å². The third-order valence-corrected chi connectivity index (χ3v) is 4.42. The third kappa shape index (κ3) is 2.41. The van der Waals surface area contributed by atoms with Crippen molar-refractivity contribution in [2.75, 3.05) is 0 Å². The summed E-state index contributed by atoms with van der Waals surface area (Å²) in [6.07, 6.45) is 0. The van der Waals surface area contributed by atoms with Gasteiger partial charge in [0.2, 0.25) is 5.88 Å². The van der Waals surface area contributed by atoms with Gasteiger partial charge in [-0.25, -0.2) is 4.79 Å². The topological polar surface area (TPSA) is 132 Å². The van der Waals surface area contributed by atoms with E-state index in [0.29, 0.717) is 5.39 Å². The van der Waals surface area contributed by atoms with Crippen molar-refractivity contribution in [3.8, 4) is 11.8 Å². The molecule has 3 aromatic rings. The molecule has 1 atom stereocenters. The highest BCUT2D eigenvalue weighted by Gasteiger charge is 2.38. The van der Waals surface area contributed by atoms with Gasteiger partial charge in [0, 0.05) is 11.6 Å². The molecule has 0 bridgehead atoms. The first kappa shape index (κ1) is 16.4. The summed E-state index contributed by atoms with van der Waals surface area (Å²) in [7, 11) is 0. The van der Waals surface area contributed by atoms with Crippen LogP contribution in [-0.2, 0) is 0 Å². The van der Waals surface area contributed by atoms with Gasteiger partial charge in [-0.2, -0.15) is 5.26 Å². The number of benzene rings is 2. The summed E-state index contributed by atoms with van der Waals surface area (Å²) < 4.78 is 10.9. The Morgan fingerprint density at radius 1 is 1.15 bits per heavy atom. The molecule has 4 rings (SSSR count). The molecule has 1 unspecified atom stereocenters. The standard InChI is InChI=1S/C19H11N3O5/c20-9-12-15(10-5-1-3-7-13(10)22(24)25)16-17(27-18(12)21)11-6-2-4-8-14(11)26-19(16)23/h1-8,15H,21H2. The van der Waals surface area contributed by atoms with E-state index in [1.165, 1.54) is 18.2 Å². The van der Waals surface area contributed by atoms with Gasteiger partial charge in [-0.3, -0.25) is 10.1 Å². The number of nitriles is 1. The average molecular weight is 361 g/mol. The smallest absolute Gasteiger partial charge is 0.344 e. The van der Waals surface area contributed by atoms with Crippen molar-refractivity contribution < 1.29 is 14.1 Å². The predicted octanol–water partition coefficient (Wildman–Crippen LogP) is 2.92. The molecule has 8 nitrogen and oxygen atoms in total. The van der Waals surface area contributed by atoms with E-state index in [4.69, 9.17) is 14.9 Å². The molecule has 0 fully saturated rings. The van der Waals surface area contributed by atoms with Crippen LogP contribution in [0.15, 0.2) is 69.2 Å². The summed E-state index contributed by atoms with van der Waals surface area (Å²) >= 11 is 0. The van der Waals surface area contributed by atoms with Crippen LogP contribution in [0.5, 0.6) is 5.75 Å². The molecule has 132 valence electrons. The van der Waals surface area contributed by atoms with E-state index < -0.39 is 16.5 Å². The van der Waals surface area contributed by atoms with E-state index in [-0.39, 0.29) is 39.6 Å². The molecular formula is C19H11N3O5. The van der Waals surface area contributed by atoms with Crippen molar-refractivity contribution in [3.05, 3.63) is 91.6 Å². The fourth-order valence-corrected chi connectivity index (χ4v) is 3.27. The Morgan fingerprint density at radius 2 is 1.85 bits per heavy atom. The summed E-state index contributed by atoms with van der Waals surface area (Å²) in [6, 6.07) is 14.5. The van der Waals surface area contributed by atoms with E-state index in [1.54, 1.807) is 30.3 Å². The van der Waals surface area contributed by atoms with Crippen LogP contribution in [0.4, 0.5) is 5.69 Å². The van der Waals surface area contributed by atoms with Gasteiger partial charge in [0.15, 0.2) is 5.75 Å². The second-order valence-electron chi connectivity index (χ2n) is 5.87. The van der Waals surface area contributed by atoms with Gasteiger partial charge in [0.05, 0.1) is 21.8 Å². The maximum atomic E-state index is 12.7. The Labute approximate surface area is 151 Å². The van der Waals surface area contributed by atoms with Gasteiger partial charge in [-0.05, 0) is 12.1 Å². The summed E-state index contributed by atoms with van der Waals surface area (Å²) in [5.41, 5.74) is 5.33. The highest BCUT2D eigenvalue weighted by molar-refractivity contribution is 5.86. The number of nitrogens with two attached hydrogens (primary N) is 1. The lowest BCUT2D eigenvalue weighted by Gasteiger charge is -2.25. The summed E-state index contributed by atoms with van der Waals surface area (Å²) in [5, 5.41) is 21.6. The molecule has 0 radical (unpaired) electrons. The minimum Gasteiger partial charge on any atom is -0.439 e. The van der Waals surface area contributed by atoms with E-state index in [2.05, 4.69) is 0 Å². The lowest BCUT2D eigenvalue weighted by atomic mass is 9.83. The number of rotatable bonds is 2. The van der Waals surface area contributed by atoms with Crippen LogP contribution >= 0.6 is 0 Å². The monoisotopic (exact) mass is 361 g/mol. The molecule has 0 amide bonds. The lowest BCUT2D eigenvalue weighted by Crippen LogP contribution is -2.26. The van der Waals surface area contributed by atoms with Gasteiger partial charge in [0.1, 0.15) is 17.2 Å².